The van der Waals surface area contributed by atoms with Gasteiger partial charge in [-0.25, -0.2) is 0 Å². The molecule has 1 aliphatic rings. The van der Waals surface area contributed by atoms with Crippen molar-refractivity contribution in [2.75, 3.05) is 6.54 Å². The normalized spacial score (nSPS) is 20.7. The van der Waals surface area contributed by atoms with E-state index < -0.39 is 0 Å². The number of fused-ring (bicyclic) bond motifs is 1. The summed E-state index contributed by atoms with van der Waals surface area (Å²) in [7, 11) is 0. The van der Waals surface area contributed by atoms with E-state index in [4.69, 9.17) is 4.42 Å². The van der Waals surface area contributed by atoms with Gasteiger partial charge in [0.25, 0.3) is 0 Å². The van der Waals surface area contributed by atoms with Crippen molar-refractivity contribution in [1.82, 2.24) is 9.88 Å². The van der Waals surface area contributed by atoms with Crippen molar-refractivity contribution in [3.05, 3.63) is 48.2 Å². The Morgan fingerprint density at radius 3 is 3.29 bits per heavy atom. The summed E-state index contributed by atoms with van der Waals surface area (Å²) in [4.78, 5) is 0. The summed E-state index contributed by atoms with van der Waals surface area (Å²) >= 11 is 0. The van der Waals surface area contributed by atoms with Crippen LogP contribution in [0.4, 0.5) is 0 Å². The zero-order chi connectivity index (χ0) is 9.38. The predicted molar refractivity (Wildman–Crippen MR) is 53.0 cm³/mol. The first kappa shape index (κ1) is 7.88. The van der Waals surface area contributed by atoms with Gasteiger partial charge in [0.2, 0.25) is 0 Å². The van der Waals surface area contributed by atoms with E-state index in [2.05, 4.69) is 28.2 Å². The molecule has 2 aromatic rings. The van der Waals surface area contributed by atoms with Crippen molar-refractivity contribution in [2.45, 2.75) is 12.6 Å². The summed E-state index contributed by atoms with van der Waals surface area (Å²) in [5, 5.41) is 3.48. The van der Waals surface area contributed by atoms with Crippen LogP contribution in [-0.2, 0) is 6.54 Å². The Morgan fingerprint density at radius 2 is 2.43 bits per heavy atom. The molecule has 3 heteroatoms. The number of furan rings is 1. The first-order chi connectivity index (χ1) is 6.95. The summed E-state index contributed by atoms with van der Waals surface area (Å²) in [5.74, 6) is 0. The Balaban J connectivity index is 2.04. The molecule has 0 saturated carbocycles. The fraction of sp³-hybridized carbons (Fsp3) is 0.273. The average molecular weight is 188 g/mol. The zero-order valence-corrected chi connectivity index (χ0v) is 7.81. The van der Waals surface area contributed by atoms with E-state index in [0.29, 0.717) is 0 Å². The number of nitrogens with one attached hydrogen (secondary N) is 1. The maximum absolute atomic E-state index is 5.11. The maximum Gasteiger partial charge on any atom is 0.0954 e. The Kier molecular flexibility index (Phi) is 1.70. The van der Waals surface area contributed by atoms with Crippen LogP contribution in [0.3, 0.4) is 0 Å². The molecule has 0 aromatic carbocycles. The lowest BCUT2D eigenvalue weighted by Gasteiger charge is -2.25. The SMILES string of the molecule is c1cc2n(c1)CCNC2c1ccoc1. The van der Waals surface area contributed by atoms with E-state index in [9.17, 15) is 0 Å². The van der Waals surface area contributed by atoms with Crippen molar-refractivity contribution >= 4 is 0 Å². The first-order valence-corrected chi connectivity index (χ1v) is 4.86. The third-order valence-corrected chi connectivity index (χ3v) is 2.74. The van der Waals surface area contributed by atoms with Crippen molar-refractivity contribution in [3.63, 3.8) is 0 Å². The van der Waals surface area contributed by atoms with Gasteiger partial charge in [-0.3, -0.25) is 0 Å². The minimum absolute atomic E-state index is 0.289. The molecule has 0 fully saturated rings. The molecule has 0 saturated heterocycles. The molecule has 0 bridgehead atoms. The molecular weight excluding hydrogens is 176 g/mol. The number of hydrogen-bond acceptors (Lipinski definition) is 2. The fourth-order valence-electron chi connectivity index (χ4n) is 2.05. The lowest BCUT2D eigenvalue weighted by atomic mass is 10.1. The highest BCUT2D eigenvalue weighted by Gasteiger charge is 2.21. The van der Waals surface area contributed by atoms with Crippen LogP contribution < -0.4 is 5.32 Å². The Morgan fingerprint density at radius 1 is 1.43 bits per heavy atom. The van der Waals surface area contributed by atoms with Crippen LogP contribution in [0.2, 0.25) is 0 Å². The number of aromatic nitrogens is 1. The molecule has 1 atom stereocenters. The summed E-state index contributed by atoms with van der Waals surface area (Å²) in [6.07, 6.45) is 5.66. The van der Waals surface area contributed by atoms with Crippen molar-refractivity contribution < 1.29 is 4.42 Å². The van der Waals surface area contributed by atoms with Crippen molar-refractivity contribution in [1.29, 1.82) is 0 Å². The highest BCUT2D eigenvalue weighted by Crippen LogP contribution is 2.25. The van der Waals surface area contributed by atoms with E-state index in [1.807, 2.05) is 6.07 Å². The molecule has 0 amide bonds. The van der Waals surface area contributed by atoms with Crippen LogP contribution >= 0.6 is 0 Å². The van der Waals surface area contributed by atoms with Gasteiger partial charge >= 0.3 is 0 Å². The molecular formula is C11H12N2O. The first-order valence-electron chi connectivity index (χ1n) is 4.86. The Bertz CT molecular complexity index is 416. The van der Waals surface area contributed by atoms with Gasteiger partial charge in [0.05, 0.1) is 18.6 Å². The Hall–Kier alpha value is -1.48. The van der Waals surface area contributed by atoms with Gasteiger partial charge in [0.1, 0.15) is 0 Å². The molecule has 72 valence electrons. The van der Waals surface area contributed by atoms with E-state index in [1.165, 1.54) is 11.3 Å². The summed E-state index contributed by atoms with van der Waals surface area (Å²) in [5.41, 5.74) is 2.52. The molecule has 3 nitrogen and oxygen atoms in total. The smallest absolute Gasteiger partial charge is 0.0954 e. The molecule has 2 aromatic heterocycles. The molecule has 14 heavy (non-hydrogen) atoms. The van der Waals surface area contributed by atoms with E-state index in [1.54, 1.807) is 12.5 Å². The lowest BCUT2D eigenvalue weighted by Crippen LogP contribution is -2.33. The standard InChI is InChI=1S/C11H12N2O/c1-2-10-11(9-3-7-14-8-9)12-4-6-13(10)5-1/h1-3,5,7-8,11-12H,4,6H2. The molecule has 1 N–H and O–H groups in total. The highest BCUT2D eigenvalue weighted by molar-refractivity contribution is 5.26. The summed E-state index contributed by atoms with van der Waals surface area (Å²) in [6.45, 7) is 2.06. The largest absolute Gasteiger partial charge is 0.472 e. The molecule has 0 spiro atoms. The maximum atomic E-state index is 5.11. The van der Waals surface area contributed by atoms with E-state index >= 15 is 0 Å². The summed E-state index contributed by atoms with van der Waals surface area (Å²) in [6, 6.07) is 6.55. The minimum atomic E-state index is 0.289. The van der Waals surface area contributed by atoms with Crippen LogP contribution in [0, 0.1) is 0 Å². The topological polar surface area (TPSA) is 30.1 Å². The molecule has 1 aliphatic heterocycles. The monoisotopic (exact) mass is 188 g/mol. The van der Waals surface area contributed by atoms with Gasteiger partial charge in [-0.15, -0.1) is 0 Å². The van der Waals surface area contributed by atoms with Crippen LogP contribution in [0.25, 0.3) is 0 Å². The molecule has 1 unspecified atom stereocenters. The minimum Gasteiger partial charge on any atom is -0.472 e. The van der Waals surface area contributed by atoms with Crippen LogP contribution in [0.5, 0.6) is 0 Å². The Labute approximate surface area is 82.3 Å². The molecule has 3 rings (SSSR count). The second-order valence-corrected chi connectivity index (χ2v) is 3.57. The predicted octanol–water partition coefficient (Wildman–Crippen LogP) is 1.77. The number of nitrogens with zero attached hydrogens (tertiary/aromatic N) is 1. The molecule has 0 radical (unpaired) electrons. The lowest BCUT2D eigenvalue weighted by molar-refractivity contribution is 0.462. The van der Waals surface area contributed by atoms with Crippen LogP contribution in [-0.4, -0.2) is 11.1 Å². The second kappa shape index (κ2) is 3.03. The zero-order valence-electron chi connectivity index (χ0n) is 7.81. The van der Waals surface area contributed by atoms with E-state index in [0.717, 1.165) is 13.1 Å². The van der Waals surface area contributed by atoms with Gasteiger partial charge < -0.3 is 14.3 Å². The van der Waals surface area contributed by atoms with Gasteiger partial charge in [-0.1, -0.05) is 0 Å². The van der Waals surface area contributed by atoms with E-state index in [-0.39, 0.29) is 6.04 Å². The third kappa shape index (κ3) is 1.09. The number of hydrogen-bond donors (Lipinski definition) is 1. The summed E-state index contributed by atoms with van der Waals surface area (Å²) < 4.78 is 7.40. The van der Waals surface area contributed by atoms with Crippen molar-refractivity contribution in [2.24, 2.45) is 0 Å². The second-order valence-electron chi connectivity index (χ2n) is 3.57. The highest BCUT2D eigenvalue weighted by atomic mass is 16.3. The molecule has 3 heterocycles. The quantitative estimate of drug-likeness (QED) is 0.739. The van der Waals surface area contributed by atoms with Crippen molar-refractivity contribution in [3.8, 4) is 0 Å². The van der Waals surface area contributed by atoms with Gasteiger partial charge in [0.15, 0.2) is 0 Å². The number of rotatable bonds is 1. The van der Waals surface area contributed by atoms with Crippen LogP contribution in [0.15, 0.2) is 41.3 Å². The van der Waals surface area contributed by atoms with Gasteiger partial charge in [-0.05, 0) is 18.2 Å². The van der Waals surface area contributed by atoms with Gasteiger partial charge in [0, 0.05) is 30.5 Å². The average Bonchev–Trinajstić information content (AvgIpc) is 2.88. The third-order valence-electron chi connectivity index (χ3n) is 2.74. The fourth-order valence-corrected chi connectivity index (χ4v) is 2.05. The molecule has 0 aliphatic carbocycles. The van der Waals surface area contributed by atoms with Gasteiger partial charge in [-0.2, -0.15) is 0 Å². The van der Waals surface area contributed by atoms with Crippen LogP contribution in [0.1, 0.15) is 17.3 Å².